The van der Waals surface area contributed by atoms with Crippen molar-refractivity contribution in [2.45, 2.75) is 62.9 Å². The maximum atomic E-state index is 13.3. The van der Waals surface area contributed by atoms with Gasteiger partial charge >= 0.3 is 5.97 Å². The summed E-state index contributed by atoms with van der Waals surface area (Å²) in [5.41, 5.74) is 2.80. The van der Waals surface area contributed by atoms with Gasteiger partial charge in [-0.05, 0) is 54.3 Å². The number of aryl methyl sites for hydroxylation is 1. The first-order valence-corrected chi connectivity index (χ1v) is 13.7. The summed E-state index contributed by atoms with van der Waals surface area (Å²) in [5, 5.41) is 32.4. The fraction of sp³-hybridized carbons (Fsp3) is 0.552. The Labute approximate surface area is 235 Å². The van der Waals surface area contributed by atoms with Crippen LogP contribution < -0.4 is 14.2 Å². The molecule has 7 rings (SSSR count). The molecule has 0 spiro atoms. The predicted molar refractivity (Wildman–Crippen MR) is 137 cm³/mol. The SMILES string of the molecule is COc1cc([C@@H]2c3cc4c(cc3[C@@H](OC3OC5COC(C)OC5C(O)C3O)C3COC(=O)[C@@H]32)OCO4)cc(C)c1O. The Morgan fingerprint density at radius 2 is 1.71 bits per heavy atom. The van der Waals surface area contributed by atoms with Crippen LogP contribution in [-0.2, 0) is 28.5 Å². The number of methoxy groups -OCH3 is 1. The van der Waals surface area contributed by atoms with Gasteiger partial charge in [-0.1, -0.05) is 6.07 Å². The number of aliphatic hydroxyl groups is 2. The Hall–Kier alpha value is -3.13. The van der Waals surface area contributed by atoms with Crippen molar-refractivity contribution in [2.24, 2.45) is 11.8 Å². The first-order chi connectivity index (χ1) is 19.7. The molecule has 12 nitrogen and oxygen atoms in total. The zero-order valence-electron chi connectivity index (χ0n) is 22.7. The molecule has 3 N–H and O–H groups in total. The molecule has 10 atom stereocenters. The van der Waals surface area contributed by atoms with E-state index in [1.165, 1.54) is 7.11 Å². The highest BCUT2D eigenvalue weighted by Crippen LogP contribution is 2.56. The molecule has 3 fully saturated rings. The lowest BCUT2D eigenvalue weighted by Gasteiger charge is -2.47. The molecule has 12 heteroatoms. The normalized spacial score (nSPS) is 37.1. The van der Waals surface area contributed by atoms with Crippen molar-refractivity contribution in [3.8, 4) is 23.0 Å². The maximum Gasteiger partial charge on any atom is 0.310 e. The molecule has 4 aliphatic heterocycles. The smallest absolute Gasteiger partial charge is 0.310 e. The van der Waals surface area contributed by atoms with Gasteiger partial charge in [0.1, 0.15) is 24.4 Å². The van der Waals surface area contributed by atoms with E-state index in [1.807, 2.05) is 18.2 Å². The number of hydrogen-bond acceptors (Lipinski definition) is 12. The van der Waals surface area contributed by atoms with Crippen LogP contribution in [0.15, 0.2) is 24.3 Å². The van der Waals surface area contributed by atoms with Crippen molar-refractivity contribution in [2.75, 3.05) is 27.1 Å². The van der Waals surface area contributed by atoms with Crippen LogP contribution in [0.3, 0.4) is 0 Å². The van der Waals surface area contributed by atoms with Gasteiger partial charge in [0.05, 0.1) is 32.3 Å². The van der Waals surface area contributed by atoms with Crippen molar-refractivity contribution < 1.29 is 58.0 Å². The van der Waals surface area contributed by atoms with Crippen LogP contribution in [0.25, 0.3) is 0 Å². The molecular weight excluding hydrogens is 540 g/mol. The Morgan fingerprint density at radius 1 is 0.951 bits per heavy atom. The number of fused-ring (bicyclic) bond motifs is 4. The number of aliphatic hydroxyl groups excluding tert-OH is 2. The molecule has 0 amide bonds. The maximum absolute atomic E-state index is 13.3. The number of aromatic hydroxyl groups is 1. The number of rotatable bonds is 4. The first-order valence-electron chi connectivity index (χ1n) is 13.7. The summed E-state index contributed by atoms with van der Waals surface area (Å²) in [7, 11) is 1.47. The predicted octanol–water partition coefficient (Wildman–Crippen LogP) is 1.64. The van der Waals surface area contributed by atoms with Crippen LogP contribution in [0.1, 0.15) is 41.2 Å². The minimum absolute atomic E-state index is 0.0232. The molecular formula is C29H32O12. The Bertz CT molecular complexity index is 1360. The van der Waals surface area contributed by atoms with Gasteiger partial charge in [-0.3, -0.25) is 4.79 Å². The number of phenolic OH excluding ortho intramolecular Hbond substituents is 1. The largest absolute Gasteiger partial charge is 0.504 e. The van der Waals surface area contributed by atoms with Crippen LogP contribution >= 0.6 is 0 Å². The summed E-state index contributed by atoms with van der Waals surface area (Å²) in [6, 6.07) is 7.21. The molecule has 5 aliphatic rings. The first kappa shape index (κ1) is 26.7. The average molecular weight is 573 g/mol. The molecule has 1 aliphatic carbocycles. The molecule has 0 aromatic heterocycles. The van der Waals surface area contributed by atoms with Crippen molar-refractivity contribution >= 4 is 5.97 Å². The molecule has 41 heavy (non-hydrogen) atoms. The Morgan fingerprint density at radius 3 is 2.46 bits per heavy atom. The van der Waals surface area contributed by atoms with E-state index in [9.17, 15) is 20.1 Å². The molecule has 7 unspecified atom stereocenters. The third-order valence-electron chi connectivity index (χ3n) is 8.75. The van der Waals surface area contributed by atoms with E-state index in [2.05, 4.69) is 0 Å². The van der Waals surface area contributed by atoms with E-state index >= 15 is 0 Å². The van der Waals surface area contributed by atoms with E-state index < -0.39 is 66.8 Å². The van der Waals surface area contributed by atoms with Gasteiger partial charge in [0.25, 0.3) is 0 Å². The van der Waals surface area contributed by atoms with Crippen LogP contribution in [0.4, 0.5) is 0 Å². The molecule has 0 radical (unpaired) electrons. The van der Waals surface area contributed by atoms with Crippen molar-refractivity contribution in [3.63, 3.8) is 0 Å². The molecule has 2 aromatic rings. The summed E-state index contributed by atoms with van der Waals surface area (Å²) in [5.74, 6) is -0.652. The summed E-state index contributed by atoms with van der Waals surface area (Å²) >= 11 is 0. The van der Waals surface area contributed by atoms with Crippen molar-refractivity contribution in [1.82, 2.24) is 0 Å². The highest BCUT2D eigenvalue weighted by atomic mass is 16.8. The number of carbonyl (C=O) groups is 1. The third kappa shape index (κ3) is 4.24. The second-order valence-electron chi connectivity index (χ2n) is 11.1. The molecule has 0 saturated carbocycles. The monoisotopic (exact) mass is 572 g/mol. The zero-order valence-corrected chi connectivity index (χ0v) is 22.7. The molecule has 3 saturated heterocycles. The van der Waals surface area contributed by atoms with Gasteiger partial charge in [-0.25, -0.2) is 0 Å². The summed E-state index contributed by atoms with van der Waals surface area (Å²) in [6.07, 6.45) is -6.68. The van der Waals surface area contributed by atoms with Crippen LogP contribution in [0.2, 0.25) is 0 Å². The van der Waals surface area contributed by atoms with Gasteiger partial charge in [0.15, 0.2) is 35.6 Å². The molecule has 220 valence electrons. The molecule has 0 bridgehead atoms. The number of ether oxygens (including phenoxy) is 8. The fourth-order valence-corrected chi connectivity index (χ4v) is 6.75. The van der Waals surface area contributed by atoms with Crippen molar-refractivity contribution in [1.29, 1.82) is 0 Å². The van der Waals surface area contributed by atoms with Gasteiger partial charge in [0, 0.05) is 11.8 Å². The second-order valence-corrected chi connectivity index (χ2v) is 11.1. The third-order valence-corrected chi connectivity index (χ3v) is 8.75. The lowest BCUT2D eigenvalue weighted by molar-refractivity contribution is -0.364. The fourth-order valence-electron chi connectivity index (χ4n) is 6.75. The summed E-state index contributed by atoms with van der Waals surface area (Å²) in [6.45, 7) is 3.76. The molecule has 2 aromatic carbocycles. The van der Waals surface area contributed by atoms with Gasteiger partial charge in [-0.15, -0.1) is 0 Å². The number of hydrogen-bond donors (Lipinski definition) is 3. The standard InChI is InChI=1S/C29H32O12/c1-11-4-13(5-19(34-3)23(11)30)21-14-6-17-18(38-10-37-17)7-15(14)26(16-8-36-28(33)22(16)21)41-29-25(32)24(31)27-20(40-29)9-35-12(2)39-27/h4-7,12,16,20-22,24-27,29-32H,8-10H2,1-3H3/t12?,16?,20?,21-,22+,24?,25?,26-,27?,29?/m1/s1. The Balaban J connectivity index is 1.31. The second kappa shape index (κ2) is 10.0. The summed E-state index contributed by atoms with van der Waals surface area (Å²) in [4.78, 5) is 13.3. The molecule has 4 heterocycles. The van der Waals surface area contributed by atoms with E-state index in [0.29, 0.717) is 22.6 Å². The van der Waals surface area contributed by atoms with Gasteiger partial charge < -0.3 is 53.2 Å². The minimum Gasteiger partial charge on any atom is -0.504 e. The van der Waals surface area contributed by atoms with Crippen molar-refractivity contribution in [3.05, 3.63) is 46.5 Å². The Kier molecular flexibility index (Phi) is 6.53. The van der Waals surface area contributed by atoms with E-state index in [1.54, 1.807) is 19.9 Å². The van der Waals surface area contributed by atoms with E-state index in [0.717, 1.165) is 11.1 Å². The van der Waals surface area contributed by atoms with Crippen LogP contribution in [0.5, 0.6) is 23.0 Å². The average Bonchev–Trinajstić information content (AvgIpc) is 3.58. The van der Waals surface area contributed by atoms with Gasteiger partial charge in [0.2, 0.25) is 6.79 Å². The number of benzene rings is 2. The van der Waals surface area contributed by atoms with Crippen LogP contribution in [-0.4, -0.2) is 85.4 Å². The highest BCUT2D eigenvalue weighted by Gasteiger charge is 2.56. The van der Waals surface area contributed by atoms with Gasteiger partial charge in [-0.2, -0.15) is 0 Å². The van der Waals surface area contributed by atoms with E-state index in [4.69, 9.17) is 37.9 Å². The summed E-state index contributed by atoms with van der Waals surface area (Å²) < 4.78 is 46.2. The number of carbonyl (C=O) groups excluding carboxylic acids is 1. The topological polar surface area (TPSA) is 152 Å². The quantitative estimate of drug-likeness (QED) is 0.457. The zero-order chi connectivity index (χ0) is 28.6. The highest BCUT2D eigenvalue weighted by molar-refractivity contribution is 5.79. The van der Waals surface area contributed by atoms with E-state index in [-0.39, 0.29) is 31.5 Å². The number of phenols is 1. The van der Waals surface area contributed by atoms with Crippen LogP contribution in [0, 0.1) is 18.8 Å². The minimum atomic E-state index is -1.42. The lowest BCUT2D eigenvalue weighted by Crippen LogP contribution is -2.63. The number of cyclic esters (lactones) is 1. The number of esters is 1. The lowest BCUT2D eigenvalue weighted by atomic mass is 9.66.